The van der Waals surface area contributed by atoms with Gasteiger partial charge in [0, 0.05) is 11.3 Å². The van der Waals surface area contributed by atoms with E-state index in [1.807, 2.05) is 6.92 Å². The Morgan fingerprint density at radius 1 is 1.08 bits per heavy atom. The normalized spacial score (nSPS) is 57.2. The van der Waals surface area contributed by atoms with Gasteiger partial charge >= 0.3 is 0 Å². The Morgan fingerprint density at radius 3 is 2.36 bits per heavy atom. The molecule has 4 fully saturated rings. The van der Waals surface area contributed by atoms with Crippen molar-refractivity contribution >= 4 is 5.78 Å². The van der Waals surface area contributed by atoms with Crippen LogP contribution in [0.4, 0.5) is 0 Å². The quantitative estimate of drug-likeness (QED) is 0.489. The van der Waals surface area contributed by atoms with Crippen LogP contribution in [-0.2, 0) is 4.79 Å². The van der Waals surface area contributed by atoms with Gasteiger partial charge in [0.05, 0.1) is 23.7 Å². The predicted octanol–water partition coefficient (Wildman–Crippen LogP) is 1.04. The van der Waals surface area contributed by atoms with Gasteiger partial charge in [-0.25, -0.2) is 0 Å². The lowest BCUT2D eigenvalue weighted by molar-refractivity contribution is -0.179. The highest BCUT2D eigenvalue weighted by Crippen LogP contribution is 2.66. The van der Waals surface area contributed by atoms with Gasteiger partial charge in [-0.15, -0.1) is 0 Å². The molecule has 0 aromatic carbocycles. The molecule has 0 amide bonds. The molecule has 9 atom stereocenters. The Morgan fingerprint density at radius 2 is 1.72 bits per heavy atom. The van der Waals surface area contributed by atoms with Gasteiger partial charge in [-0.3, -0.25) is 4.79 Å². The molecule has 140 valence electrons. The van der Waals surface area contributed by atoms with Crippen LogP contribution in [0.15, 0.2) is 12.2 Å². The number of carbonyl (C=O) groups is 1. The molecule has 0 heterocycles. The number of carbonyl (C=O) groups excluding carboxylic acids is 1. The molecular weight excluding hydrogens is 320 g/mol. The first-order valence-corrected chi connectivity index (χ1v) is 9.51. The van der Waals surface area contributed by atoms with E-state index in [2.05, 4.69) is 6.58 Å². The highest BCUT2D eigenvalue weighted by Gasteiger charge is 2.73. The minimum Gasteiger partial charge on any atom is -0.392 e. The maximum absolute atomic E-state index is 13.1. The third-order valence-corrected chi connectivity index (χ3v) is 8.74. The third-order valence-electron chi connectivity index (χ3n) is 8.74. The van der Waals surface area contributed by atoms with Gasteiger partial charge < -0.3 is 20.4 Å². The lowest BCUT2D eigenvalue weighted by atomic mass is 9.59. The summed E-state index contributed by atoms with van der Waals surface area (Å²) >= 11 is 0. The molecule has 0 saturated heterocycles. The van der Waals surface area contributed by atoms with Crippen LogP contribution in [0.25, 0.3) is 0 Å². The van der Waals surface area contributed by atoms with Crippen LogP contribution in [0.2, 0.25) is 0 Å². The minimum absolute atomic E-state index is 0.0423. The number of rotatable bonds is 0. The fraction of sp³-hybridized carbons (Fsp3) is 0.850. The van der Waals surface area contributed by atoms with Crippen LogP contribution in [0.5, 0.6) is 0 Å². The van der Waals surface area contributed by atoms with E-state index >= 15 is 0 Å². The average molecular weight is 350 g/mol. The molecule has 4 rings (SSSR count). The molecule has 2 bridgehead atoms. The van der Waals surface area contributed by atoms with E-state index in [4.69, 9.17) is 0 Å². The molecule has 0 aromatic heterocycles. The second-order valence-electron chi connectivity index (χ2n) is 9.61. The number of ketones is 1. The molecule has 0 aliphatic heterocycles. The number of aliphatic hydroxyl groups excluding tert-OH is 3. The molecule has 0 aromatic rings. The number of hydrogen-bond donors (Lipinski definition) is 4. The van der Waals surface area contributed by atoms with Gasteiger partial charge in [0.1, 0.15) is 5.60 Å². The molecule has 4 saturated carbocycles. The fourth-order valence-electron chi connectivity index (χ4n) is 7.09. The van der Waals surface area contributed by atoms with E-state index in [1.165, 1.54) is 0 Å². The fourth-order valence-corrected chi connectivity index (χ4v) is 7.09. The lowest BCUT2D eigenvalue weighted by Crippen LogP contribution is -2.57. The standard InChI is InChI=1S/C20H30O5/c1-9-11-5-6-12-10(2)13-7-14(21)18(3,4)20(13,25)15(22)8-19(12,16(9)23)17(11)24/h10-15,17,21-22,24-25H,1,5-8H2,2-4H3/t10-,11-,12-,13-,14-,15+,17+,19+,20-/m0/s1. The third kappa shape index (κ3) is 1.71. The van der Waals surface area contributed by atoms with E-state index in [1.54, 1.807) is 13.8 Å². The zero-order valence-electron chi connectivity index (χ0n) is 15.3. The summed E-state index contributed by atoms with van der Waals surface area (Å²) in [4.78, 5) is 13.1. The monoisotopic (exact) mass is 350 g/mol. The van der Waals surface area contributed by atoms with Crippen molar-refractivity contribution in [1.82, 2.24) is 0 Å². The van der Waals surface area contributed by atoms with E-state index in [-0.39, 0.29) is 35.9 Å². The molecule has 4 N–H and O–H groups in total. The summed E-state index contributed by atoms with van der Waals surface area (Å²) in [5.41, 5.74) is -2.91. The van der Waals surface area contributed by atoms with E-state index in [0.29, 0.717) is 12.0 Å². The van der Waals surface area contributed by atoms with Crippen molar-refractivity contribution in [2.75, 3.05) is 0 Å². The van der Waals surface area contributed by atoms with Gasteiger partial charge in [0.15, 0.2) is 5.78 Å². The number of fused-ring (bicyclic) bond motifs is 2. The summed E-state index contributed by atoms with van der Waals surface area (Å²) in [6.07, 6.45) is -0.758. The molecular formula is C20H30O5. The summed E-state index contributed by atoms with van der Waals surface area (Å²) in [6, 6.07) is 0. The molecule has 1 spiro atoms. The second kappa shape index (κ2) is 4.94. The van der Waals surface area contributed by atoms with Crippen molar-refractivity contribution in [3.05, 3.63) is 12.2 Å². The van der Waals surface area contributed by atoms with E-state index < -0.39 is 34.7 Å². The maximum Gasteiger partial charge on any atom is 0.167 e. The van der Waals surface area contributed by atoms with Crippen LogP contribution in [0, 0.1) is 34.5 Å². The summed E-state index contributed by atoms with van der Waals surface area (Å²) < 4.78 is 0. The zero-order chi connectivity index (χ0) is 18.5. The number of hydrogen-bond acceptors (Lipinski definition) is 5. The first-order chi connectivity index (χ1) is 11.5. The van der Waals surface area contributed by atoms with E-state index in [9.17, 15) is 25.2 Å². The highest BCUT2D eigenvalue weighted by atomic mass is 16.4. The molecule has 25 heavy (non-hydrogen) atoms. The average Bonchev–Trinajstić information content (AvgIpc) is 2.75. The number of aliphatic hydroxyl groups is 4. The van der Waals surface area contributed by atoms with Crippen molar-refractivity contribution in [1.29, 1.82) is 0 Å². The van der Waals surface area contributed by atoms with Gasteiger partial charge in [0.25, 0.3) is 0 Å². The smallest absolute Gasteiger partial charge is 0.167 e. The van der Waals surface area contributed by atoms with Crippen LogP contribution >= 0.6 is 0 Å². The van der Waals surface area contributed by atoms with Crippen LogP contribution in [-0.4, -0.2) is 50.1 Å². The van der Waals surface area contributed by atoms with Gasteiger partial charge in [-0.05, 0) is 49.0 Å². The number of Topliss-reactive ketones (excluding diaryl/α,β-unsaturated/α-hetero) is 1. The van der Waals surface area contributed by atoms with Crippen LogP contribution in [0.1, 0.15) is 46.5 Å². The lowest BCUT2D eigenvalue weighted by Gasteiger charge is -2.45. The van der Waals surface area contributed by atoms with Crippen molar-refractivity contribution < 1.29 is 25.2 Å². The second-order valence-corrected chi connectivity index (χ2v) is 9.61. The Labute approximate surface area is 148 Å². The first-order valence-electron chi connectivity index (χ1n) is 9.51. The summed E-state index contributed by atoms with van der Waals surface area (Å²) in [5, 5.41) is 44.3. The largest absolute Gasteiger partial charge is 0.392 e. The van der Waals surface area contributed by atoms with Crippen molar-refractivity contribution in [3.63, 3.8) is 0 Å². The summed E-state index contributed by atoms with van der Waals surface area (Å²) in [7, 11) is 0. The maximum atomic E-state index is 13.1. The SMILES string of the molecule is C=C1C(=O)[C@@]23C[C@@H](O)[C@@]4(O)[C@@H](C[C@H](O)C4(C)C)[C@@H](C)[C@@H]2CC[C@@H]1[C@H]3O. The zero-order valence-corrected chi connectivity index (χ0v) is 15.3. The van der Waals surface area contributed by atoms with Crippen molar-refractivity contribution in [2.45, 2.75) is 70.4 Å². The summed E-state index contributed by atoms with van der Waals surface area (Å²) in [6.45, 7) is 9.51. The Hall–Kier alpha value is -0.750. The van der Waals surface area contributed by atoms with Gasteiger partial charge in [-0.2, -0.15) is 0 Å². The van der Waals surface area contributed by atoms with Gasteiger partial charge in [0.2, 0.25) is 0 Å². The minimum atomic E-state index is -1.47. The van der Waals surface area contributed by atoms with Crippen LogP contribution in [0.3, 0.4) is 0 Å². The Balaban J connectivity index is 1.88. The molecule has 4 aliphatic rings. The van der Waals surface area contributed by atoms with Crippen LogP contribution < -0.4 is 0 Å². The van der Waals surface area contributed by atoms with Crippen molar-refractivity contribution in [3.8, 4) is 0 Å². The highest BCUT2D eigenvalue weighted by molar-refractivity contribution is 6.04. The Kier molecular flexibility index (Phi) is 3.49. The molecule has 0 radical (unpaired) electrons. The summed E-state index contributed by atoms with van der Waals surface area (Å²) in [5.74, 6) is -0.846. The van der Waals surface area contributed by atoms with Crippen molar-refractivity contribution in [2.24, 2.45) is 34.5 Å². The topological polar surface area (TPSA) is 98.0 Å². The molecule has 0 unspecified atom stereocenters. The predicted molar refractivity (Wildman–Crippen MR) is 91.4 cm³/mol. The first kappa shape index (κ1) is 17.7. The molecule has 5 nitrogen and oxygen atoms in total. The van der Waals surface area contributed by atoms with E-state index in [0.717, 1.165) is 12.8 Å². The Bertz CT molecular complexity index is 642. The van der Waals surface area contributed by atoms with Gasteiger partial charge in [-0.1, -0.05) is 27.4 Å². The molecule has 4 aliphatic carbocycles. The molecule has 5 heteroatoms.